The van der Waals surface area contributed by atoms with Crippen molar-refractivity contribution < 1.29 is 14.4 Å². The number of rotatable bonds is 5. The van der Waals surface area contributed by atoms with Gasteiger partial charge in [0.15, 0.2) is 0 Å². The van der Waals surface area contributed by atoms with E-state index in [9.17, 15) is 14.4 Å². The zero-order valence-electron chi connectivity index (χ0n) is 19.8. The molecule has 0 radical (unpaired) electrons. The van der Waals surface area contributed by atoms with Gasteiger partial charge in [0.2, 0.25) is 0 Å². The lowest BCUT2D eigenvalue weighted by molar-refractivity contribution is -0.125. The van der Waals surface area contributed by atoms with Gasteiger partial charge in [-0.2, -0.15) is 0 Å². The third-order valence-electron chi connectivity index (χ3n) is 7.06. The summed E-state index contributed by atoms with van der Waals surface area (Å²) in [7, 11) is 0. The van der Waals surface area contributed by atoms with Crippen LogP contribution in [0.25, 0.3) is 10.4 Å². The van der Waals surface area contributed by atoms with E-state index in [2.05, 4.69) is 27.8 Å². The summed E-state index contributed by atoms with van der Waals surface area (Å²) in [5.41, 5.74) is 1.31. The van der Waals surface area contributed by atoms with Crippen molar-refractivity contribution in [1.82, 2.24) is 20.5 Å². The van der Waals surface area contributed by atoms with Crippen LogP contribution in [0.1, 0.15) is 53.5 Å². The number of likely N-dealkylation sites (tertiary alicyclic amines) is 1. The summed E-state index contributed by atoms with van der Waals surface area (Å²) >= 11 is 1.74. The molecule has 0 unspecified atom stereocenters. The number of benzene rings is 2. The Morgan fingerprint density at radius 1 is 1.06 bits per heavy atom. The highest BCUT2D eigenvalue weighted by Gasteiger charge is 2.50. The summed E-state index contributed by atoms with van der Waals surface area (Å²) in [4.78, 5) is 45.3. The van der Waals surface area contributed by atoms with Crippen molar-refractivity contribution in [2.45, 2.75) is 38.1 Å². The predicted octanol–water partition coefficient (Wildman–Crippen LogP) is 4.52. The molecule has 0 saturated carbocycles. The molecule has 1 atom stereocenters. The molecule has 3 aromatic rings. The second-order valence-corrected chi connectivity index (χ2v) is 10.5. The summed E-state index contributed by atoms with van der Waals surface area (Å²) in [6.45, 7) is 5.14. The normalized spacial score (nSPS) is 20.7. The fraction of sp³-hybridized carbons (Fsp3) is 0.333. The molecule has 2 aliphatic rings. The maximum atomic E-state index is 13.2. The first-order chi connectivity index (χ1) is 16.9. The van der Waals surface area contributed by atoms with Crippen molar-refractivity contribution in [3.8, 4) is 10.4 Å². The molecule has 2 fully saturated rings. The maximum absolute atomic E-state index is 13.2. The van der Waals surface area contributed by atoms with Crippen LogP contribution < -0.4 is 10.6 Å². The third-order valence-corrected chi connectivity index (χ3v) is 8.27. The van der Waals surface area contributed by atoms with E-state index in [0.717, 1.165) is 17.8 Å². The van der Waals surface area contributed by atoms with Gasteiger partial charge in [-0.05, 0) is 42.0 Å². The van der Waals surface area contributed by atoms with Gasteiger partial charge >= 0.3 is 6.03 Å². The molecular weight excluding hydrogens is 460 g/mol. The Kier molecular flexibility index (Phi) is 6.15. The number of hydrogen-bond donors (Lipinski definition) is 2. The van der Waals surface area contributed by atoms with E-state index in [4.69, 9.17) is 0 Å². The maximum Gasteiger partial charge on any atom is 0.322 e. The number of carbonyl (C=O) groups is 3. The number of amides is 4. The van der Waals surface area contributed by atoms with Crippen molar-refractivity contribution in [2.24, 2.45) is 5.92 Å². The quantitative estimate of drug-likeness (QED) is 0.517. The van der Waals surface area contributed by atoms with Gasteiger partial charge in [0.05, 0.1) is 9.88 Å². The molecule has 7 nitrogen and oxygen atoms in total. The largest absolute Gasteiger partial charge is 0.339 e. The van der Waals surface area contributed by atoms with E-state index >= 15 is 0 Å². The number of hydrogen-bond acceptors (Lipinski definition) is 5. The molecule has 2 aromatic carbocycles. The van der Waals surface area contributed by atoms with Gasteiger partial charge in [0.25, 0.3) is 11.8 Å². The average Bonchev–Trinajstić information content (AvgIpc) is 3.49. The minimum absolute atomic E-state index is 0.0161. The molecule has 5 rings (SSSR count). The first-order valence-electron chi connectivity index (χ1n) is 11.9. The van der Waals surface area contributed by atoms with Crippen LogP contribution in [0.3, 0.4) is 0 Å². The molecule has 180 valence electrons. The van der Waals surface area contributed by atoms with Crippen molar-refractivity contribution in [1.29, 1.82) is 0 Å². The Hall–Kier alpha value is -3.52. The zero-order valence-corrected chi connectivity index (χ0v) is 20.6. The highest BCUT2D eigenvalue weighted by Crippen LogP contribution is 2.36. The zero-order chi connectivity index (χ0) is 24.6. The molecule has 2 saturated heterocycles. The van der Waals surface area contributed by atoms with E-state index in [0.29, 0.717) is 30.1 Å². The highest BCUT2D eigenvalue weighted by molar-refractivity contribution is 7.15. The number of urea groups is 1. The summed E-state index contributed by atoms with van der Waals surface area (Å²) < 4.78 is 0. The second kappa shape index (κ2) is 9.26. The van der Waals surface area contributed by atoms with Crippen molar-refractivity contribution in [3.05, 3.63) is 76.9 Å². The Labute approximate surface area is 208 Å². The topological polar surface area (TPSA) is 91.4 Å². The minimum Gasteiger partial charge on any atom is -0.339 e. The molecule has 4 amide bonds. The van der Waals surface area contributed by atoms with Crippen LogP contribution >= 0.6 is 11.3 Å². The predicted molar refractivity (Wildman–Crippen MR) is 135 cm³/mol. The Bertz CT molecular complexity index is 1250. The van der Waals surface area contributed by atoms with Crippen molar-refractivity contribution >= 4 is 29.2 Å². The fourth-order valence-corrected chi connectivity index (χ4v) is 6.10. The van der Waals surface area contributed by atoms with Crippen LogP contribution in [0.15, 0.2) is 60.8 Å². The molecule has 3 heterocycles. The molecule has 8 heteroatoms. The van der Waals surface area contributed by atoms with Crippen LogP contribution in [-0.4, -0.2) is 40.8 Å². The molecule has 2 aliphatic heterocycles. The highest BCUT2D eigenvalue weighted by atomic mass is 32.1. The van der Waals surface area contributed by atoms with Gasteiger partial charge in [-0.25, -0.2) is 9.78 Å². The van der Waals surface area contributed by atoms with Gasteiger partial charge in [-0.1, -0.05) is 56.3 Å². The molecular formula is C27H28N4O3S. The van der Waals surface area contributed by atoms with Crippen LogP contribution in [0.4, 0.5) is 4.79 Å². The third kappa shape index (κ3) is 4.23. The number of piperidine rings is 1. The van der Waals surface area contributed by atoms with Crippen LogP contribution in [0, 0.1) is 5.92 Å². The monoisotopic (exact) mass is 488 g/mol. The van der Waals surface area contributed by atoms with Crippen LogP contribution in [-0.2, 0) is 10.3 Å². The smallest absolute Gasteiger partial charge is 0.322 e. The summed E-state index contributed by atoms with van der Waals surface area (Å²) in [6.07, 6.45) is 3.72. The fourth-order valence-electron chi connectivity index (χ4n) is 5.01. The van der Waals surface area contributed by atoms with Crippen molar-refractivity contribution in [2.75, 3.05) is 13.1 Å². The molecule has 0 spiro atoms. The van der Waals surface area contributed by atoms with Gasteiger partial charge in [0.1, 0.15) is 5.54 Å². The van der Waals surface area contributed by atoms with Gasteiger partial charge in [-0.15, -0.1) is 11.3 Å². The standard InChI is InChI=1S/C27H28N4O3S/c1-17(2)27(25(33)29-26(34)30-27)21-10-8-20(9-11-21)24(32)31-14-12-19(13-15-31)23-28-16-22(35-23)18-6-4-3-5-7-18/h3-11,16-17,19H,12-15H2,1-2H3,(H2,29,30,33,34)/t27-/m1/s1. The summed E-state index contributed by atoms with van der Waals surface area (Å²) in [5.74, 6) is -0.170. The molecule has 0 aliphatic carbocycles. The molecule has 1 aromatic heterocycles. The summed E-state index contributed by atoms with van der Waals surface area (Å²) in [6, 6.07) is 16.8. The number of imide groups is 1. The number of carbonyl (C=O) groups excluding carboxylic acids is 3. The van der Waals surface area contributed by atoms with Gasteiger partial charge in [-0.3, -0.25) is 14.9 Å². The SMILES string of the molecule is CC(C)[C@]1(c2ccc(C(=O)N3CCC(c4ncc(-c5ccccc5)s4)CC3)cc2)NC(=O)NC1=O. The Morgan fingerprint density at radius 2 is 1.74 bits per heavy atom. The van der Waals surface area contributed by atoms with E-state index in [1.807, 2.05) is 43.1 Å². The lowest BCUT2D eigenvalue weighted by Crippen LogP contribution is -2.48. The number of thiazole rings is 1. The lowest BCUT2D eigenvalue weighted by Gasteiger charge is -2.32. The van der Waals surface area contributed by atoms with Crippen molar-refractivity contribution in [3.63, 3.8) is 0 Å². The lowest BCUT2D eigenvalue weighted by atomic mass is 9.79. The number of nitrogens with zero attached hydrogens (tertiary/aromatic N) is 2. The molecule has 0 bridgehead atoms. The van der Waals surface area contributed by atoms with Crippen LogP contribution in [0.5, 0.6) is 0 Å². The van der Waals surface area contributed by atoms with E-state index in [1.165, 1.54) is 10.4 Å². The Morgan fingerprint density at radius 3 is 2.34 bits per heavy atom. The number of aromatic nitrogens is 1. The molecule has 2 N–H and O–H groups in total. The van der Waals surface area contributed by atoms with Gasteiger partial charge in [0, 0.05) is 30.8 Å². The summed E-state index contributed by atoms with van der Waals surface area (Å²) in [5, 5.41) is 6.25. The van der Waals surface area contributed by atoms with Crippen LogP contribution in [0.2, 0.25) is 0 Å². The first-order valence-corrected chi connectivity index (χ1v) is 12.7. The van der Waals surface area contributed by atoms with E-state index in [-0.39, 0.29) is 17.7 Å². The van der Waals surface area contributed by atoms with Gasteiger partial charge < -0.3 is 10.2 Å². The van der Waals surface area contributed by atoms with E-state index < -0.39 is 11.6 Å². The van der Waals surface area contributed by atoms with E-state index in [1.54, 1.807) is 35.6 Å². The Balaban J connectivity index is 1.24. The average molecular weight is 489 g/mol. The molecule has 35 heavy (non-hydrogen) atoms. The second-order valence-electron chi connectivity index (χ2n) is 9.44. The number of nitrogens with one attached hydrogen (secondary N) is 2. The minimum atomic E-state index is -1.12. The first kappa shape index (κ1) is 23.2.